The Balaban J connectivity index is 2.11. The summed E-state index contributed by atoms with van der Waals surface area (Å²) in [7, 11) is 4.94. The standard InChI is InChI=1S/C13H19N5O5/c1-17(2)13-15-10-7(11(21)16-13)14-5-18(10)12-9(22-3)8(20)6(4-19)23-12/h5-6,8-9,12,19-20H,4H2,1-3H3,(H,15,16,21)/t6-,8+,9-,12-/m1/s1. The highest BCUT2D eigenvalue weighted by Gasteiger charge is 2.45. The number of nitrogens with one attached hydrogen (secondary N) is 1. The average Bonchev–Trinajstić information content (AvgIpc) is 3.07. The molecule has 0 bridgehead atoms. The zero-order valence-corrected chi connectivity index (χ0v) is 13.0. The lowest BCUT2D eigenvalue weighted by Gasteiger charge is -2.20. The highest BCUT2D eigenvalue weighted by atomic mass is 16.6. The van der Waals surface area contributed by atoms with Gasteiger partial charge in [0.1, 0.15) is 18.3 Å². The van der Waals surface area contributed by atoms with Crippen molar-refractivity contribution in [3.8, 4) is 0 Å². The number of aliphatic hydroxyl groups excluding tert-OH is 2. The number of anilines is 1. The minimum Gasteiger partial charge on any atom is -0.394 e. The van der Waals surface area contributed by atoms with E-state index < -0.39 is 24.5 Å². The predicted molar refractivity (Wildman–Crippen MR) is 80.3 cm³/mol. The van der Waals surface area contributed by atoms with Crippen LogP contribution in [0.25, 0.3) is 11.2 Å². The fourth-order valence-electron chi connectivity index (χ4n) is 2.66. The van der Waals surface area contributed by atoms with Crippen LogP contribution in [-0.4, -0.2) is 75.9 Å². The Bertz CT molecular complexity index is 757. The van der Waals surface area contributed by atoms with Gasteiger partial charge in [0, 0.05) is 21.2 Å². The number of aliphatic hydroxyl groups is 2. The average molecular weight is 325 g/mol. The van der Waals surface area contributed by atoms with Gasteiger partial charge in [-0.1, -0.05) is 0 Å². The largest absolute Gasteiger partial charge is 0.394 e. The Morgan fingerprint density at radius 3 is 2.87 bits per heavy atom. The van der Waals surface area contributed by atoms with E-state index in [1.807, 2.05) is 0 Å². The topological polar surface area (TPSA) is 126 Å². The van der Waals surface area contributed by atoms with E-state index in [1.54, 1.807) is 19.0 Å². The van der Waals surface area contributed by atoms with Crippen LogP contribution >= 0.6 is 0 Å². The van der Waals surface area contributed by atoms with Gasteiger partial charge in [0.2, 0.25) is 5.95 Å². The third kappa shape index (κ3) is 2.49. The second kappa shape index (κ2) is 5.89. The monoisotopic (exact) mass is 325 g/mol. The van der Waals surface area contributed by atoms with Crippen molar-refractivity contribution in [3.63, 3.8) is 0 Å². The molecule has 3 N–H and O–H groups in total. The van der Waals surface area contributed by atoms with Gasteiger partial charge in [-0.3, -0.25) is 14.3 Å². The molecule has 23 heavy (non-hydrogen) atoms. The maximum absolute atomic E-state index is 12.1. The van der Waals surface area contributed by atoms with Gasteiger partial charge in [-0.15, -0.1) is 0 Å². The first kappa shape index (κ1) is 15.9. The molecule has 126 valence electrons. The third-order valence-electron chi connectivity index (χ3n) is 3.88. The number of fused-ring (bicyclic) bond motifs is 1. The van der Waals surface area contributed by atoms with Gasteiger partial charge >= 0.3 is 0 Å². The molecule has 0 aromatic carbocycles. The first-order valence-corrected chi connectivity index (χ1v) is 7.09. The molecular weight excluding hydrogens is 306 g/mol. The summed E-state index contributed by atoms with van der Waals surface area (Å²) in [5.74, 6) is 0.371. The molecule has 1 fully saturated rings. The fraction of sp³-hybridized carbons (Fsp3) is 0.615. The molecule has 3 heterocycles. The molecule has 0 spiro atoms. The van der Waals surface area contributed by atoms with Gasteiger partial charge in [-0.25, -0.2) is 4.98 Å². The lowest BCUT2D eigenvalue weighted by atomic mass is 10.1. The summed E-state index contributed by atoms with van der Waals surface area (Å²) in [6, 6.07) is 0. The molecule has 0 saturated carbocycles. The highest BCUT2D eigenvalue weighted by Crippen LogP contribution is 2.32. The first-order valence-electron chi connectivity index (χ1n) is 7.09. The van der Waals surface area contributed by atoms with E-state index in [4.69, 9.17) is 9.47 Å². The third-order valence-corrected chi connectivity index (χ3v) is 3.88. The molecule has 10 heteroatoms. The summed E-state index contributed by atoms with van der Waals surface area (Å²) in [5, 5.41) is 19.4. The lowest BCUT2D eigenvalue weighted by molar-refractivity contribution is -0.0583. The second-order valence-corrected chi connectivity index (χ2v) is 5.55. The van der Waals surface area contributed by atoms with Crippen molar-refractivity contribution in [1.82, 2.24) is 19.5 Å². The van der Waals surface area contributed by atoms with E-state index in [2.05, 4.69) is 15.0 Å². The fourth-order valence-corrected chi connectivity index (χ4v) is 2.66. The number of ether oxygens (including phenoxy) is 2. The van der Waals surface area contributed by atoms with E-state index >= 15 is 0 Å². The highest BCUT2D eigenvalue weighted by molar-refractivity contribution is 5.71. The molecule has 0 radical (unpaired) electrons. The Morgan fingerprint density at radius 2 is 2.26 bits per heavy atom. The van der Waals surface area contributed by atoms with E-state index in [-0.39, 0.29) is 17.7 Å². The molecule has 1 aliphatic heterocycles. The van der Waals surface area contributed by atoms with Crippen molar-refractivity contribution >= 4 is 17.1 Å². The molecule has 1 saturated heterocycles. The lowest BCUT2D eigenvalue weighted by Crippen LogP contribution is -2.34. The summed E-state index contributed by atoms with van der Waals surface area (Å²) >= 11 is 0. The maximum atomic E-state index is 12.1. The number of H-pyrrole nitrogens is 1. The number of aromatic amines is 1. The van der Waals surface area contributed by atoms with Gasteiger partial charge in [0.15, 0.2) is 17.4 Å². The molecule has 2 aromatic heterocycles. The summed E-state index contributed by atoms with van der Waals surface area (Å²) in [4.78, 5) is 24.8. The Kier molecular flexibility index (Phi) is 4.06. The van der Waals surface area contributed by atoms with Gasteiger partial charge in [-0.05, 0) is 0 Å². The number of nitrogens with zero attached hydrogens (tertiary/aromatic N) is 4. The zero-order valence-electron chi connectivity index (χ0n) is 13.0. The molecule has 0 aliphatic carbocycles. The minimum absolute atomic E-state index is 0.163. The Morgan fingerprint density at radius 1 is 1.52 bits per heavy atom. The summed E-state index contributed by atoms with van der Waals surface area (Å²) in [5.41, 5.74) is 0.106. The molecular formula is C13H19N5O5. The van der Waals surface area contributed by atoms with Crippen molar-refractivity contribution in [2.45, 2.75) is 24.5 Å². The molecule has 0 amide bonds. The first-order chi connectivity index (χ1) is 11.0. The maximum Gasteiger partial charge on any atom is 0.280 e. The normalized spacial score (nSPS) is 27.7. The molecule has 0 unspecified atom stereocenters. The van der Waals surface area contributed by atoms with Crippen LogP contribution in [0.2, 0.25) is 0 Å². The predicted octanol–water partition coefficient (Wildman–Crippen LogP) is -1.55. The number of hydrogen-bond acceptors (Lipinski definition) is 8. The SMILES string of the molecule is CO[C@@H]1[C@@H](O)[C@@H](CO)O[C@H]1n1cnc2c(=O)[nH]c(N(C)C)nc21. The van der Waals surface area contributed by atoms with Crippen LogP contribution in [0.15, 0.2) is 11.1 Å². The van der Waals surface area contributed by atoms with Crippen LogP contribution in [0.5, 0.6) is 0 Å². The van der Waals surface area contributed by atoms with Crippen LogP contribution in [0, 0.1) is 0 Å². The van der Waals surface area contributed by atoms with E-state index in [1.165, 1.54) is 18.0 Å². The Labute approximate surface area is 131 Å². The van der Waals surface area contributed by atoms with Crippen LogP contribution in [-0.2, 0) is 9.47 Å². The summed E-state index contributed by atoms with van der Waals surface area (Å²) in [6.45, 7) is -0.346. The van der Waals surface area contributed by atoms with Gasteiger partial charge in [0.25, 0.3) is 5.56 Å². The van der Waals surface area contributed by atoms with Crippen LogP contribution in [0.4, 0.5) is 5.95 Å². The summed E-state index contributed by atoms with van der Waals surface area (Å²) in [6.07, 6.45) is -1.83. The number of methoxy groups -OCH3 is 1. The van der Waals surface area contributed by atoms with Crippen LogP contribution < -0.4 is 10.5 Å². The van der Waals surface area contributed by atoms with Crippen molar-refractivity contribution in [1.29, 1.82) is 0 Å². The number of imidazole rings is 1. The molecule has 10 nitrogen and oxygen atoms in total. The number of hydrogen-bond donors (Lipinski definition) is 3. The van der Waals surface area contributed by atoms with E-state index in [0.29, 0.717) is 11.6 Å². The van der Waals surface area contributed by atoms with E-state index in [0.717, 1.165) is 0 Å². The molecule has 2 aromatic rings. The number of aromatic nitrogens is 4. The van der Waals surface area contributed by atoms with E-state index in [9.17, 15) is 15.0 Å². The zero-order chi connectivity index (χ0) is 16.7. The van der Waals surface area contributed by atoms with Gasteiger partial charge in [-0.2, -0.15) is 4.98 Å². The molecule has 3 rings (SSSR count). The van der Waals surface area contributed by atoms with Crippen molar-refractivity contribution in [3.05, 3.63) is 16.7 Å². The number of rotatable bonds is 4. The van der Waals surface area contributed by atoms with Crippen LogP contribution in [0.3, 0.4) is 0 Å². The summed E-state index contributed by atoms with van der Waals surface area (Å²) < 4.78 is 12.5. The Hall–Kier alpha value is -2.01. The van der Waals surface area contributed by atoms with Crippen molar-refractivity contribution in [2.24, 2.45) is 0 Å². The second-order valence-electron chi connectivity index (χ2n) is 5.55. The smallest absolute Gasteiger partial charge is 0.280 e. The van der Waals surface area contributed by atoms with Crippen molar-refractivity contribution in [2.75, 3.05) is 32.7 Å². The van der Waals surface area contributed by atoms with Crippen LogP contribution in [0.1, 0.15) is 6.23 Å². The molecule has 4 atom stereocenters. The van der Waals surface area contributed by atoms with Gasteiger partial charge in [0.05, 0.1) is 12.9 Å². The van der Waals surface area contributed by atoms with Crippen molar-refractivity contribution < 1.29 is 19.7 Å². The molecule has 1 aliphatic rings. The minimum atomic E-state index is -0.997. The quantitative estimate of drug-likeness (QED) is 0.617. The van der Waals surface area contributed by atoms with Gasteiger partial charge < -0.3 is 24.6 Å².